The number of nitrogens with two attached hydrogens (primary N) is 1. The van der Waals surface area contributed by atoms with E-state index in [1.54, 1.807) is 13.3 Å². The molecule has 0 saturated carbocycles. The smallest absolute Gasteiger partial charge is 0.236 e. The number of piperazine rings is 1. The van der Waals surface area contributed by atoms with Gasteiger partial charge in [-0.05, 0) is 38.2 Å². The maximum Gasteiger partial charge on any atom is 0.236 e. The molecule has 0 radical (unpaired) electrons. The number of aliphatic imine (C=N–C) groups is 1. The van der Waals surface area contributed by atoms with E-state index in [0.717, 1.165) is 53.2 Å². The summed E-state index contributed by atoms with van der Waals surface area (Å²) in [4.78, 5) is 32.2. The highest BCUT2D eigenvalue weighted by molar-refractivity contribution is 6.09. The first-order valence-corrected chi connectivity index (χ1v) is 11.8. The van der Waals surface area contributed by atoms with Gasteiger partial charge in [-0.2, -0.15) is 5.10 Å². The molecular formula is C25H33N9O. The van der Waals surface area contributed by atoms with E-state index in [0.29, 0.717) is 25.3 Å². The van der Waals surface area contributed by atoms with Crippen LogP contribution in [0.2, 0.25) is 0 Å². The molecular weight excluding hydrogens is 442 g/mol. The molecule has 0 atom stereocenters. The minimum atomic E-state index is 0.166. The quantitative estimate of drug-likeness (QED) is 0.517. The average molecular weight is 476 g/mol. The lowest BCUT2D eigenvalue weighted by atomic mass is 10.1. The van der Waals surface area contributed by atoms with Gasteiger partial charge in [-0.1, -0.05) is 6.92 Å². The predicted octanol–water partition coefficient (Wildman–Crippen LogP) is 1.56. The van der Waals surface area contributed by atoms with Gasteiger partial charge in [0.05, 0.1) is 35.8 Å². The second-order valence-electron chi connectivity index (χ2n) is 8.81. The van der Waals surface area contributed by atoms with Crippen molar-refractivity contribution >= 4 is 29.0 Å². The van der Waals surface area contributed by atoms with Crippen molar-refractivity contribution in [1.82, 2.24) is 29.4 Å². The van der Waals surface area contributed by atoms with Crippen molar-refractivity contribution in [1.29, 1.82) is 0 Å². The van der Waals surface area contributed by atoms with Crippen LogP contribution in [0.1, 0.15) is 18.2 Å². The van der Waals surface area contributed by atoms with Crippen LogP contribution in [0, 0.1) is 0 Å². The number of rotatable bonds is 7. The maximum atomic E-state index is 12.3. The third kappa shape index (κ3) is 5.17. The molecule has 1 saturated heterocycles. The number of hydrogen-bond donors (Lipinski definition) is 1. The number of aromatic nitrogens is 4. The molecule has 10 heteroatoms. The fourth-order valence-corrected chi connectivity index (χ4v) is 4.28. The maximum absolute atomic E-state index is 12.3. The molecule has 0 unspecified atom stereocenters. The standard InChI is InChI=1S/C25H33N9O/c1-5-18-15-29-34-16-21(20(12-26)13-27-2)30-24(25(18)34)19-6-7-22(28-14-19)32-8-10-33(11-9-32)23(35)17-31(3)4/h6-7,12-16H,5,8-11,17,26H2,1-4H3. The van der Waals surface area contributed by atoms with Crippen molar-refractivity contribution in [3.63, 3.8) is 0 Å². The molecule has 0 spiro atoms. The first kappa shape index (κ1) is 24.3. The van der Waals surface area contributed by atoms with E-state index in [-0.39, 0.29) is 5.91 Å². The number of hydrogen-bond acceptors (Lipinski definition) is 8. The van der Waals surface area contributed by atoms with E-state index >= 15 is 0 Å². The van der Waals surface area contributed by atoms with Crippen LogP contribution in [0.3, 0.4) is 0 Å². The average Bonchev–Trinajstić information content (AvgIpc) is 3.30. The summed E-state index contributed by atoms with van der Waals surface area (Å²) in [7, 11) is 5.53. The molecule has 10 nitrogen and oxygen atoms in total. The number of amides is 1. The highest BCUT2D eigenvalue weighted by Crippen LogP contribution is 2.28. The molecule has 2 N–H and O–H groups in total. The summed E-state index contributed by atoms with van der Waals surface area (Å²) in [6.07, 6.45) is 9.64. The van der Waals surface area contributed by atoms with Gasteiger partial charge in [-0.15, -0.1) is 0 Å². The van der Waals surface area contributed by atoms with Gasteiger partial charge in [-0.3, -0.25) is 9.79 Å². The lowest BCUT2D eigenvalue weighted by Crippen LogP contribution is -2.50. The third-order valence-corrected chi connectivity index (χ3v) is 6.13. The largest absolute Gasteiger partial charge is 0.404 e. The molecule has 184 valence electrons. The molecule has 3 aromatic heterocycles. The Kier molecular flexibility index (Phi) is 7.40. The number of anilines is 1. The molecule has 0 bridgehead atoms. The van der Waals surface area contributed by atoms with Gasteiger partial charge in [0.1, 0.15) is 5.82 Å². The van der Waals surface area contributed by atoms with Gasteiger partial charge in [0.2, 0.25) is 5.91 Å². The minimum absolute atomic E-state index is 0.166. The van der Waals surface area contributed by atoms with Crippen LogP contribution >= 0.6 is 0 Å². The molecule has 0 aromatic carbocycles. The third-order valence-electron chi connectivity index (χ3n) is 6.13. The normalized spacial score (nSPS) is 15.1. The van der Waals surface area contributed by atoms with Crippen LogP contribution in [0.25, 0.3) is 22.3 Å². The summed E-state index contributed by atoms with van der Waals surface area (Å²) in [6.45, 7) is 5.45. The van der Waals surface area contributed by atoms with E-state index in [9.17, 15) is 4.79 Å². The summed E-state index contributed by atoms with van der Waals surface area (Å²) >= 11 is 0. The van der Waals surface area contributed by atoms with E-state index in [1.165, 1.54) is 6.20 Å². The van der Waals surface area contributed by atoms with Crippen LogP contribution in [-0.2, 0) is 11.2 Å². The van der Waals surface area contributed by atoms with Gasteiger partial charge in [0.15, 0.2) is 0 Å². The Bertz CT molecular complexity index is 1240. The van der Waals surface area contributed by atoms with Crippen molar-refractivity contribution in [2.24, 2.45) is 10.7 Å². The predicted molar refractivity (Wildman–Crippen MR) is 140 cm³/mol. The molecule has 4 heterocycles. The Morgan fingerprint density at radius 3 is 2.57 bits per heavy atom. The van der Waals surface area contributed by atoms with Gasteiger partial charge >= 0.3 is 0 Å². The second kappa shape index (κ2) is 10.6. The molecule has 1 aliphatic rings. The second-order valence-corrected chi connectivity index (χ2v) is 8.81. The molecule has 35 heavy (non-hydrogen) atoms. The van der Waals surface area contributed by atoms with Crippen molar-refractivity contribution in [2.75, 3.05) is 58.8 Å². The number of fused-ring (bicyclic) bond motifs is 1. The van der Waals surface area contributed by atoms with Crippen LogP contribution in [-0.4, -0.2) is 95.4 Å². The van der Waals surface area contributed by atoms with E-state index < -0.39 is 0 Å². The number of carbonyl (C=O) groups is 1. The zero-order valence-electron chi connectivity index (χ0n) is 20.8. The van der Waals surface area contributed by atoms with Crippen molar-refractivity contribution in [2.45, 2.75) is 13.3 Å². The zero-order valence-corrected chi connectivity index (χ0v) is 20.8. The Morgan fingerprint density at radius 2 is 1.97 bits per heavy atom. The Balaban J connectivity index is 1.60. The highest BCUT2D eigenvalue weighted by Gasteiger charge is 2.22. The summed E-state index contributed by atoms with van der Waals surface area (Å²) < 4.78 is 1.85. The number of allylic oxidation sites excluding steroid dienone is 1. The zero-order chi connectivity index (χ0) is 24.9. The van der Waals surface area contributed by atoms with Crippen molar-refractivity contribution in [3.8, 4) is 11.3 Å². The number of pyridine rings is 1. The number of carbonyl (C=O) groups excluding carboxylic acids is 1. The molecule has 1 amide bonds. The van der Waals surface area contributed by atoms with Crippen molar-refractivity contribution < 1.29 is 4.79 Å². The summed E-state index contributed by atoms with van der Waals surface area (Å²) in [6, 6.07) is 4.07. The first-order chi connectivity index (χ1) is 16.9. The molecule has 0 aliphatic carbocycles. The summed E-state index contributed by atoms with van der Waals surface area (Å²) in [5, 5.41) is 4.54. The highest BCUT2D eigenvalue weighted by atomic mass is 16.2. The molecule has 3 aromatic rings. The van der Waals surface area contributed by atoms with Crippen LogP contribution in [0.5, 0.6) is 0 Å². The van der Waals surface area contributed by atoms with Crippen LogP contribution in [0.4, 0.5) is 5.82 Å². The molecule has 1 aliphatic heterocycles. The lowest BCUT2D eigenvalue weighted by Gasteiger charge is -2.35. The topological polar surface area (TPSA) is 108 Å². The number of likely N-dealkylation sites (N-methyl/N-ethyl adjacent to an activating group) is 1. The van der Waals surface area contributed by atoms with E-state index in [2.05, 4.69) is 21.9 Å². The fraction of sp³-hybridized carbons (Fsp3) is 0.400. The van der Waals surface area contributed by atoms with Gasteiger partial charge in [-0.25, -0.2) is 14.5 Å². The SMILES string of the molecule is CCc1cnn2cc(C(C=NC)=CN)nc(-c3ccc(N4CCN(C(=O)CN(C)C)CC4)nc3)c12. The minimum Gasteiger partial charge on any atom is -0.404 e. The van der Waals surface area contributed by atoms with Gasteiger partial charge in [0, 0.05) is 63.0 Å². The lowest BCUT2D eigenvalue weighted by molar-refractivity contribution is -0.132. The van der Waals surface area contributed by atoms with Crippen LogP contribution < -0.4 is 10.6 Å². The number of nitrogens with zero attached hydrogens (tertiary/aromatic N) is 8. The summed E-state index contributed by atoms with van der Waals surface area (Å²) in [5.41, 5.74) is 11.0. The first-order valence-electron chi connectivity index (χ1n) is 11.8. The van der Waals surface area contributed by atoms with Gasteiger partial charge < -0.3 is 20.4 Å². The Hall–Kier alpha value is -3.79. The van der Waals surface area contributed by atoms with Crippen molar-refractivity contribution in [3.05, 3.63) is 48.2 Å². The Morgan fingerprint density at radius 1 is 1.20 bits per heavy atom. The molecule has 1 fully saturated rings. The molecule has 4 rings (SSSR count). The van der Waals surface area contributed by atoms with Gasteiger partial charge in [0.25, 0.3) is 0 Å². The monoisotopic (exact) mass is 475 g/mol. The number of aryl methyl sites for hydroxylation is 1. The van der Waals surface area contributed by atoms with E-state index in [1.807, 2.05) is 59.1 Å². The fourth-order valence-electron chi connectivity index (χ4n) is 4.28. The summed E-state index contributed by atoms with van der Waals surface area (Å²) in [5.74, 6) is 1.06. The van der Waals surface area contributed by atoms with Crippen LogP contribution in [0.15, 0.2) is 41.9 Å². The Labute approximate surface area is 205 Å². The van der Waals surface area contributed by atoms with E-state index in [4.69, 9.17) is 15.7 Å².